The predicted molar refractivity (Wildman–Crippen MR) is 46.8 cm³/mol. The van der Waals surface area contributed by atoms with Crippen LogP contribution < -0.4 is 0 Å². The zero-order chi connectivity index (χ0) is 8.55. The maximum atomic E-state index is 5.72. The van der Waals surface area contributed by atoms with E-state index in [0.717, 1.165) is 25.3 Å². The van der Waals surface area contributed by atoms with E-state index in [-0.39, 0.29) is 0 Å². The van der Waals surface area contributed by atoms with Crippen molar-refractivity contribution < 1.29 is 0 Å². The van der Waals surface area contributed by atoms with E-state index in [9.17, 15) is 0 Å². The Balaban J connectivity index is 2.30. The first-order valence-electron chi connectivity index (χ1n) is 4.03. The molecular formula is C8H10ClN3. The molecule has 0 aliphatic carbocycles. The quantitative estimate of drug-likeness (QED) is 0.660. The smallest absolute Gasteiger partial charge is 0.152 e. The van der Waals surface area contributed by atoms with Crippen molar-refractivity contribution in [1.82, 2.24) is 15.1 Å². The van der Waals surface area contributed by atoms with Crippen molar-refractivity contribution in [2.75, 3.05) is 6.54 Å². The molecule has 2 heterocycles. The summed E-state index contributed by atoms with van der Waals surface area (Å²) in [4.78, 5) is 2.30. The zero-order valence-electron chi connectivity index (χ0n) is 6.92. The van der Waals surface area contributed by atoms with Crippen LogP contribution in [0.15, 0.2) is 6.07 Å². The maximum absolute atomic E-state index is 5.72. The monoisotopic (exact) mass is 183 g/mol. The lowest BCUT2D eigenvalue weighted by Crippen LogP contribution is -2.14. The Hall–Kier alpha value is -0.670. The molecule has 0 saturated heterocycles. The lowest BCUT2D eigenvalue weighted by Gasteiger charge is -2.08. The highest BCUT2D eigenvalue weighted by Gasteiger charge is 2.19. The van der Waals surface area contributed by atoms with Gasteiger partial charge in [0.15, 0.2) is 5.15 Å². The van der Waals surface area contributed by atoms with Crippen molar-refractivity contribution in [3.8, 4) is 0 Å². The molecule has 0 spiro atoms. The molecule has 0 radical (unpaired) electrons. The third-order valence-corrected chi connectivity index (χ3v) is 2.33. The molecule has 0 saturated carbocycles. The molecule has 0 N–H and O–H groups in total. The Labute approximate surface area is 76.4 Å². The predicted octanol–water partition coefficient (Wildman–Crippen LogP) is 1.47. The van der Waals surface area contributed by atoms with Crippen LogP contribution in [-0.2, 0) is 13.1 Å². The average Bonchev–Trinajstić information content (AvgIpc) is 2.46. The molecular weight excluding hydrogens is 174 g/mol. The van der Waals surface area contributed by atoms with Crippen molar-refractivity contribution >= 4 is 11.6 Å². The summed E-state index contributed by atoms with van der Waals surface area (Å²) in [5.74, 6) is 0. The molecule has 2 rings (SSSR count). The molecule has 12 heavy (non-hydrogen) atoms. The average molecular weight is 184 g/mol. The van der Waals surface area contributed by atoms with E-state index < -0.39 is 0 Å². The Morgan fingerprint density at radius 3 is 3.08 bits per heavy atom. The van der Waals surface area contributed by atoms with Gasteiger partial charge < -0.3 is 0 Å². The molecule has 1 aliphatic rings. The SMILES string of the molecule is CCN1Cc2cc(Cl)nnc2C1. The van der Waals surface area contributed by atoms with E-state index in [4.69, 9.17) is 11.6 Å². The van der Waals surface area contributed by atoms with Crippen LogP contribution in [0, 0.1) is 0 Å². The van der Waals surface area contributed by atoms with Crippen molar-refractivity contribution in [3.05, 3.63) is 22.5 Å². The van der Waals surface area contributed by atoms with E-state index in [0.29, 0.717) is 5.15 Å². The van der Waals surface area contributed by atoms with E-state index in [1.54, 1.807) is 0 Å². The van der Waals surface area contributed by atoms with Crippen LogP contribution in [0.4, 0.5) is 0 Å². The summed E-state index contributed by atoms with van der Waals surface area (Å²) in [6.45, 7) is 5.06. The van der Waals surface area contributed by atoms with Crippen molar-refractivity contribution in [2.24, 2.45) is 0 Å². The summed E-state index contributed by atoms with van der Waals surface area (Å²) in [7, 11) is 0. The third-order valence-electron chi connectivity index (χ3n) is 2.14. The molecule has 0 amide bonds. The summed E-state index contributed by atoms with van der Waals surface area (Å²) >= 11 is 5.72. The number of rotatable bonds is 1. The molecule has 1 aliphatic heterocycles. The Morgan fingerprint density at radius 2 is 2.33 bits per heavy atom. The van der Waals surface area contributed by atoms with Gasteiger partial charge in [0.05, 0.1) is 5.69 Å². The Kier molecular flexibility index (Phi) is 1.98. The normalized spacial score (nSPS) is 16.5. The number of hydrogen-bond acceptors (Lipinski definition) is 3. The van der Waals surface area contributed by atoms with Crippen LogP contribution in [0.2, 0.25) is 5.15 Å². The van der Waals surface area contributed by atoms with Gasteiger partial charge in [-0.3, -0.25) is 4.90 Å². The number of fused-ring (bicyclic) bond motifs is 1. The fraction of sp³-hybridized carbons (Fsp3) is 0.500. The minimum atomic E-state index is 0.492. The lowest BCUT2D eigenvalue weighted by atomic mass is 10.3. The highest BCUT2D eigenvalue weighted by Crippen LogP contribution is 2.21. The van der Waals surface area contributed by atoms with Gasteiger partial charge in [0, 0.05) is 13.1 Å². The van der Waals surface area contributed by atoms with Crippen molar-refractivity contribution in [1.29, 1.82) is 0 Å². The number of nitrogens with zero attached hydrogens (tertiary/aromatic N) is 3. The fourth-order valence-electron chi connectivity index (χ4n) is 1.43. The zero-order valence-corrected chi connectivity index (χ0v) is 7.67. The molecule has 0 atom stereocenters. The molecule has 0 aromatic carbocycles. The van der Waals surface area contributed by atoms with Crippen LogP contribution in [0.5, 0.6) is 0 Å². The number of aromatic nitrogens is 2. The Morgan fingerprint density at radius 1 is 1.50 bits per heavy atom. The molecule has 3 nitrogen and oxygen atoms in total. The summed E-state index contributed by atoms with van der Waals surface area (Å²) in [5.41, 5.74) is 2.29. The van der Waals surface area contributed by atoms with Crippen molar-refractivity contribution in [3.63, 3.8) is 0 Å². The van der Waals surface area contributed by atoms with Gasteiger partial charge in [0.25, 0.3) is 0 Å². The van der Waals surface area contributed by atoms with Gasteiger partial charge in [-0.05, 0) is 18.2 Å². The van der Waals surface area contributed by atoms with E-state index in [2.05, 4.69) is 22.0 Å². The summed E-state index contributed by atoms with van der Waals surface area (Å²) in [5, 5.41) is 8.33. The summed E-state index contributed by atoms with van der Waals surface area (Å²) < 4.78 is 0. The molecule has 0 unspecified atom stereocenters. The topological polar surface area (TPSA) is 29.0 Å². The molecule has 4 heteroatoms. The van der Waals surface area contributed by atoms with Gasteiger partial charge in [0.2, 0.25) is 0 Å². The molecule has 1 aromatic rings. The van der Waals surface area contributed by atoms with E-state index in [1.807, 2.05) is 6.07 Å². The van der Waals surface area contributed by atoms with Gasteiger partial charge in [-0.15, -0.1) is 5.10 Å². The molecule has 64 valence electrons. The van der Waals surface area contributed by atoms with Crippen LogP contribution in [0.1, 0.15) is 18.2 Å². The van der Waals surface area contributed by atoms with Gasteiger partial charge in [0.1, 0.15) is 0 Å². The summed E-state index contributed by atoms with van der Waals surface area (Å²) in [6, 6.07) is 1.90. The lowest BCUT2D eigenvalue weighted by molar-refractivity contribution is 0.299. The first-order valence-corrected chi connectivity index (χ1v) is 4.40. The van der Waals surface area contributed by atoms with Gasteiger partial charge in [-0.25, -0.2) is 0 Å². The molecule has 1 aromatic heterocycles. The van der Waals surface area contributed by atoms with Gasteiger partial charge in [-0.1, -0.05) is 18.5 Å². The van der Waals surface area contributed by atoms with Crippen molar-refractivity contribution in [2.45, 2.75) is 20.0 Å². The highest BCUT2D eigenvalue weighted by molar-refractivity contribution is 6.29. The third kappa shape index (κ3) is 1.30. The van der Waals surface area contributed by atoms with Crippen LogP contribution in [0.25, 0.3) is 0 Å². The van der Waals surface area contributed by atoms with Gasteiger partial charge in [-0.2, -0.15) is 5.10 Å². The van der Waals surface area contributed by atoms with E-state index >= 15 is 0 Å². The first kappa shape index (κ1) is 7.95. The Bertz CT molecular complexity index is 300. The largest absolute Gasteiger partial charge is 0.293 e. The van der Waals surface area contributed by atoms with Crippen LogP contribution >= 0.6 is 11.6 Å². The van der Waals surface area contributed by atoms with Crippen LogP contribution in [-0.4, -0.2) is 21.6 Å². The highest BCUT2D eigenvalue weighted by atomic mass is 35.5. The standard InChI is InChI=1S/C8H10ClN3/c1-2-12-4-6-3-8(9)11-10-7(6)5-12/h3H,2,4-5H2,1H3. The molecule has 0 bridgehead atoms. The van der Waals surface area contributed by atoms with E-state index in [1.165, 1.54) is 5.56 Å². The minimum Gasteiger partial charge on any atom is -0.293 e. The minimum absolute atomic E-state index is 0.492. The van der Waals surface area contributed by atoms with Crippen LogP contribution in [0.3, 0.4) is 0 Å². The second-order valence-electron chi connectivity index (χ2n) is 2.94. The maximum Gasteiger partial charge on any atom is 0.152 e. The molecule has 0 fully saturated rings. The first-order chi connectivity index (χ1) is 5.79. The summed E-state index contributed by atoms with van der Waals surface area (Å²) in [6.07, 6.45) is 0. The number of hydrogen-bond donors (Lipinski definition) is 0. The second kappa shape index (κ2) is 2.99. The second-order valence-corrected chi connectivity index (χ2v) is 3.33. The van der Waals surface area contributed by atoms with Gasteiger partial charge >= 0.3 is 0 Å². The fourth-order valence-corrected chi connectivity index (χ4v) is 1.60. The number of halogens is 1.